The maximum atomic E-state index is 13.8. The van der Waals surface area contributed by atoms with Gasteiger partial charge in [-0.3, -0.25) is 24.0 Å². The maximum absolute atomic E-state index is 13.8. The van der Waals surface area contributed by atoms with Gasteiger partial charge in [-0.1, -0.05) is 49.1 Å². The number of methoxy groups -OCH3 is 1. The molecule has 3 rings (SSSR count). The van der Waals surface area contributed by atoms with Crippen LogP contribution in [-0.4, -0.2) is 62.0 Å². The van der Waals surface area contributed by atoms with Crippen LogP contribution in [0.15, 0.2) is 42.5 Å². The number of non-ortho nitro benzene ring substituents is 1. The van der Waals surface area contributed by atoms with Crippen molar-refractivity contribution in [2.45, 2.75) is 64.6 Å². The van der Waals surface area contributed by atoms with Crippen molar-refractivity contribution in [1.82, 2.24) is 10.2 Å². The lowest BCUT2D eigenvalue weighted by Crippen LogP contribution is -2.53. The number of anilines is 1. The summed E-state index contributed by atoms with van der Waals surface area (Å²) in [4.78, 5) is 39.1. The molecule has 1 aliphatic carbocycles. The Labute approximate surface area is 229 Å². The lowest BCUT2D eigenvalue weighted by Gasteiger charge is -2.33. The molecule has 2 aromatic rings. The number of amides is 2. The first-order valence-electron chi connectivity index (χ1n) is 12.9. The lowest BCUT2D eigenvalue weighted by atomic mass is 9.95. The van der Waals surface area contributed by atoms with Gasteiger partial charge in [-0.05, 0) is 38.3 Å². The number of hydrogen-bond acceptors (Lipinski definition) is 7. The Balaban J connectivity index is 1.95. The monoisotopic (exact) mass is 560 g/mol. The minimum absolute atomic E-state index is 0.0340. The van der Waals surface area contributed by atoms with Crippen LogP contribution >= 0.6 is 0 Å². The van der Waals surface area contributed by atoms with Gasteiger partial charge in [0.25, 0.3) is 5.69 Å². The highest BCUT2D eigenvalue weighted by molar-refractivity contribution is 7.92. The van der Waals surface area contributed by atoms with Gasteiger partial charge in [0.2, 0.25) is 21.8 Å². The van der Waals surface area contributed by atoms with E-state index in [1.54, 1.807) is 6.92 Å². The lowest BCUT2D eigenvalue weighted by molar-refractivity contribution is -0.384. The number of nitro groups is 1. The van der Waals surface area contributed by atoms with Gasteiger partial charge in [0.15, 0.2) is 0 Å². The fourth-order valence-electron chi connectivity index (χ4n) is 4.62. The molecular formula is C27H36N4O7S. The summed E-state index contributed by atoms with van der Waals surface area (Å²) in [6.07, 6.45) is 5.83. The maximum Gasteiger partial charge on any atom is 0.271 e. The number of carbonyl (C=O) groups excluding carboxylic acids is 2. The molecule has 39 heavy (non-hydrogen) atoms. The summed E-state index contributed by atoms with van der Waals surface area (Å²) in [5, 5.41) is 14.4. The van der Waals surface area contributed by atoms with Crippen molar-refractivity contribution in [2.24, 2.45) is 0 Å². The van der Waals surface area contributed by atoms with Crippen LogP contribution in [0.1, 0.15) is 50.2 Å². The molecule has 0 bridgehead atoms. The molecule has 1 saturated carbocycles. The van der Waals surface area contributed by atoms with Gasteiger partial charge in [0, 0.05) is 24.7 Å². The highest BCUT2D eigenvalue weighted by Gasteiger charge is 2.32. The number of nitro benzene ring substituents is 1. The van der Waals surface area contributed by atoms with E-state index in [4.69, 9.17) is 4.74 Å². The second-order valence-corrected chi connectivity index (χ2v) is 11.8. The molecule has 2 amide bonds. The van der Waals surface area contributed by atoms with Gasteiger partial charge < -0.3 is 15.0 Å². The van der Waals surface area contributed by atoms with Crippen molar-refractivity contribution in [1.29, 1.82) is 0 Å². The van der Waals surface area contributed by atoms with Gasteiger partial charge in [0.1, 0.15) is 24.0 Å². The van der Waals surface area contributed by atoms with E-state index in [9.17, 15) is 28.1 Å². The average molecular weight is 561 g/mol. The zero-order valence-electron chi connectivity index (χ0n) is 22.8. The normalized spacial score (nSPS) is 14.8. The fourth-order valence-corrected chi connectivity index (χ4v) is 5.47. The van der Waals surface area contributed by atoms with Gasteiger partial charge in [0.05, 0.1) is 18.3 Å². The van der Waals surface area contributed by atoms with Crippen LogP contribution < -0.4 is 14.4 Å². The largest absolute Gasteiger partial charge is 0.495 e. The molecule has 11 nitrogen and oxygen atoms in total. The van der Waals surface area contributed by atoms with E-state index in [1.807, 2.05) is 31.2 Å². The summed E-state index contributed by atoms with van der Waals surface area (Å²) < 4.78 is 31.7. The summed E-state index contributed by atoms with van der Waals surface area (Å²) in [5.41, 5.74) is 1.30. The van der Waals surface area contributed by atoms with Crippen LogP contribution in [0.25, 0.3) is 0 Å². The van der Waals surface area contributed by atoms with E-state index in [2.05, 4.69) is 5.32 Å². The molecule has 0 unspecified atom stereocenters. The summed E-state index contributed by atoms with van der Waals surface area (Å²) in [6, 6.07) is 10.1. The Hall–Kier alpha value is -3.67. The van der Waals surface area contributed by atoms with Crippen molar-refractivity contribution < 1.29 is 27.7 Å². The topological polar surface area (TPSA) is 139 Å². The van der Waals surface area contributed by atoms with Crippen LogP contribution in [0, 0.1) is 17.0 Å². The van der Waals surface area contributed by atoms with Crippen LogP contribution in [-0.2, 0) is 26.2 Å². The smallest absolute Gasteiger partial charge is 0.271 e. The van der Waals surface area contributed by atoms with E-state index >= 15 is 0 Å². The Morgan fingerprint density at radius 1 is 1.13 bits per heavy atom. The molecule has 0 spiro atoms. The molecule has 0 radical (unpaired) electrons. The van der Waals surface area contributed by atoms with Crippen molar-refractivity contribution in [2.75, 3.05) is 24.2 Å². The number of sulfonamides is 1. The zero-order valence-corrected chi connectivity index (χ0v) is 23.6. The number of carbonyl (C=O) groups is 2. The van der Waals surface area contributed by atoms with E-state index in [0.717, 1.165) is 59.9 Å². The summed E-state index contributed by atoms with van der Waals surface area (Å²) in [7, 11) is -2.79. The number of rotatable bonds is 11. The Kier molecular flexibility index (Phi) is 9.90. The summed E-state index contributed by atoms with van der Waals surface area (Å²) >= 11 is 0. The summed E-state index contributed by atoms with van der Waals surface area (Å²) in [5.74, 6) is -0.908. The SMILES string of the molecule is COc1ccc([N+](=O)[O-])cc1N(CC(=O)N(Cc1ccc(C)cc1)[C@H](C)C(=O)NC1CCCCC1)S(C)(=O)=O. The number of ether oxygens (including phenoxy) is 1. The molecule has 1 N–H and O–H groups in total. The third kappa shape index (κ3) is 7.92. The molecule has 212 valence electrons. The minimum atomic E-state index is -4.09. The molecule has 0 aliphatic heterocycles. The van der Waals surface area contributed by atoms with E-state index in [-0.39, 0.29) is 35.6 Å². The Morgan fingerprint density at radius 3 is 2.33 bits per heavy atom. The molecule has 0 heterocycles. The first-order valence-corrected chi connectivity index (χ1v) is 14.7. The van der Waals surface area contributed by atoms with Crippen LogP contribution in [0.4, 0.5) is 11.4 Å². The third-order valence-corrected chi connectivity index (χ3v) is 8.04. The molecular weight excluding hydrogens is 524 g/mol. The molecule has 1 aliphatic rings. The van der Waals surface area contributed by atoms with Gasteiger partial charge in [-0.25, -0.2) is 8.42 Å². The Morgan fingerprint density at radius 2 is 1.77 bits per heavy atom. The van der Waals surface area contributed by atoms with Gasteiger partial charge in [-0.15, -0.1) is 0 Å². The second kappa shape index (κ2) is 12.9. The quantitative estimate of drug-likeness (QED) is 0.328. The van der Waals surface area contributed by atoms with Gasteiger partial charge >= 0.3 is 0 Å². The third-order valence-electron chi connectivity index (χ3n) is 6.91. The first kappa shape index (κ1) is 29.9. The van der Waals surface area contributed by atoms with Crippen LogP contribution in [0.3, 0.4) is 0 Å². The van der Waals surface area contributed by atoms with Crippen molar-refractivity contribution in [3.8, 4) is 5.75 Å². The van der Waals surface area contributed by atoms with E-state index in [1.165, 1.54) is 24.1 Å². The number of aryl methyl sites for hydroxylation is 1. The average Bonchev–Trinajstić information content (AvgIpc) is 2.90. The standard InChI is InChI=1S/C27H36N4O7S/c1-19-10-12-21(13-11-19)17-29(20(2)27(33)28-22-8-6-5-7-9-22)26(32)18-30(39(4,36)37)24-16-23(31(34)35)14-15-25(24)38-3/h10-16,20,22H,5-9,17-18H2,1-4H3,(H,28,33)/t20-/m1/s1. The number of hydrogen-bond donors (Lipinski definition) is 1. The molecule has 1 fully saturated rings. The van der Waals surface area contributed by atoms with E-state index < -0.39 is 33.4 Å². The second-order valence-electron chi connectivity index (χ2n) is 9.91. The van der Waals surface area contributed by atoms with Crippen LogP contribution in [0.5, 0.6) is 5.75 Å². The van der Waals surface area contributed by atoms with Crippen LogP contribution in [0.2, 0.25) is 0 Å². The molecule has 12 heteroatoms. The minimum Gasteiger partial charge on any atom is -0.495 e. The molecule has 2 aromatic carbocycles. The van der Waals surface area contributed by atoms with E-state index in [0.29, 0.717) is 0 Å². The first-order chi connectivity index (χ1) is 18.4. The highest BCUT2D eigenvalue weighted by atomic mass is 32.2. The highest BCUT2D eigenvalue weighted by Crippen LogP contribution is 2.34. The Bertz CT molecular complexity index is 1290. The number of nitrogens with zero attached hydrogens (tertiary/aromatic N) is 3. The fraction of sp³-hybridized carbons (Fsp3) is 0.481. The number of benzene rings is 2. The predicted molar refractivity (Wildman–Crippen MR) is 148 cm³/mol. The van der Waals surface area contributed by atoms with Crippen molar-refractivity contribution >= 4 is 33.2 Å². The van der Waals surface area contributed by atoms with Crippen molar-refractivity contribution in [3.63, 3.8) is 0 Å². The summed E-state index contributed by atoms with van der Waals surface area (Å²) in [6.45, 7) is 2.94. The van der Waals surface area contributed by atoms with Crippen molar-refractivity contribution in [3.05, 3.63) is 63.7 Å². The predicted octanol–water partition coefficient (Wildman–Crippen LogP) is 3.54. The number of nitrogens with one attached hydrogen (secondary N) is 1. The zero-order chi connectivity index (χ0) is 28.7. The molecule has 0 saturated heterocycles. The van der Waals surface area contributed by atoms with Gasteiger partial charge in [-0.2, -0.15) is 0 Å². The molecule has 1 atom stereocenters. The molecule has 0 aromatic heterocycles.